The third kappa shape index (κ3) is 2.42. The first-order chi connectivity index (χ1) is 14.4. The average molecular weight is 430 g/mol. The topological polar surface area (TPSA) is 116 Å². The summed E-state index contributed by atoms with van der Waals surface area (Å²) in [4.78, 5) is 24.5. The number of carboxylic acid groups (broad SMARTS) is 1. The van der Waals surface area contributed by atoms with Crippen LogP contribution in [-0.4, -0.2) is 45.0 Å². The predicted molar refractivity (Wildman–Crippen MR) is 112 cm³/mol. The zero-order valence-electron chi connectivity index (χ0n) is 18.5. The molecule has 1 aromatic carbocycles. The zero-order chi connectivity index (χ0) is 22.5. The van der Waals surface area contributed by atoms with Crippen molar-refractivity contribution in [2.24, 2.45) is 22.7 Å². The fraction of sp³-hybridized carbons (Fsp3) is 0.667. The van der Waals surface area contributed by atoms with Crippen molar-refractivity contribution in [1.29, 1.82) is 0 Å². The molecule has 0 unspecified atom stereocenters. The maximum atomic E-state index is 12.4. The Hall–Kier alpha value is -2.12. The molecule has 2 aliphatic heterocycles. The number of nitrogens with one attached hydrogen (secondary N) is 1. The predicted octanol–water partition coefficient (Wildman–Crippen LogP) is 2.51. The first kappa shape index (κ1) is 20.8. The van der Waals surface area contributed by atoms with Gasteiger partial charge in [-0.3, -0.25) is 4.79 Å². The number of aliphatic hydroxyl groups is 2. The van der Waals surface area contributed by atoms with Crippen molar-refractivity contribution in [3.05, 3.63) is 28.3 Å². The van der Waals surface area contributed by atoms with Crippen LogP contribution < -0.4 is 10.1 Å². The van der Waals surface area contributed by atoms with E-state index < -0.39 is 34.6 Å². The largest absolute Gasteiger partial charge is 0.486 e. The van der Waals surface area contributed by atoms with Gasteiger partial charge in [0.05, 0.1) is 17.8 Å². The number of carbonyl (C=O) groups is 2. The Bertz CT molecular complexity index is 1000. The van der Waals surface area contributed by atoms with Crippen LogP contribution in [-0.2, 0) is 13.0 Å². The Labute approximate surface area is 181 Å². The lowest BCUT2D eigenvalue weighted by atomic mass is 9.43. The smallest absolute Gasteiger partial charge is 0.336 e. The SMILES string of the molecule is C[C@H]1CC[C@H]2C(C)(C)[C@@H](O)[C@H](O)C[C@]23Oc2c(c(C(=O)O)cc4c2CNC4=O)C[C@]13C. The van der Waals surface area contributed by atoms with Gasteiger partial charge in [0.2, 0.25) is 0 Å². The Morgan fingerprint density at radius 1 is 1.19 bits per heavy atom. The molecule has 5 rings (SSSR count). The molecule has 4 aliphatic rings. The quantitative estimate of drug-likeness (QED) is 0.545. The van der Waals surface area contributed by atoms with Crippen molar-refractivity contribution in [2.75, 3.05) is 0 Å². The van der Waals surface area contributed by atoms with E-state index in [4.69, 9.17) is 4.74 Å². The number of hydrogen-bond donors (Lipinski definition) is 4. The standard InChI is InChI=1S/C24H31NO6/c1-11-5-6-17-22(2,3)19(27)16(26)9-24(17)23(11,4)8-14-13(21(29)30)7-12-15(18(14)31-24)10-25-20(12)28/h7,11,16-17,19,26-27H,5-6,8-10H2,1-4H3,(H,25,28)(H,29,30)/t11-,16+,17-,19-,23+,24-/m0/s1. The number of rotatable bonds is 1. The second-order valence-corrected chi connectivity index (χ2v) is 10.9. The highest BCUT2D eigenvalue weighted by Gasteiger charge is 2.69. The minimum Gasteiger partial charge on any atom is -0.486 e. The van der Waals surface area contributed by atoms with E-state index in [2.05, 4.69) is 19.2 Å². The first-order valence-corrected chi connectivity index (χ1v) is 11.2. The Morgan fingerprint density at radius 2 is 1.90 bits per heavy atom. The van der Waals surface area contributed by atoms with E-state index >= 15 is 0 Å². The molecule has 4 N–H and O–H groups in total. The van der Waals surface area contributed by atoms with E-state index in [9.17, 15) is 24.9 Å². The maximum Gasteiger partial charge on any atom is 0.336 e. The number of carboxylic acids is 1. The molecule has 1 amide bonds. The van der Waals surface area contributed by atoms with E-state index in [1.54, 1.807) is 0 Å². The molecular weight excluding hydrogens is 398 g/mol. The van der Waals surface area contributed by atoms with E-state index in [-0.39, 0.29) is 29.7 Å². The number of fused-ring (bicyclic) bond motifs is 3. The normalized spacial score (nSPS) is 40.0. The van der Waals surface area contributed by atoms with Crippen molar-refractivity contribution in [3.63, 3.8) is 0 Å². The molecule has 0 saturated heterocycles. The molecule has 7 nitrogen and oxygen atoms in total. The number of aliphatic hydroxyl groups excluding tert-OH is 2. The fourth-order valence-electron chi connectivity index (χ4n) is 7.24. The Balaban J connectivity index is 1.78. The van der Waals surface area contributed by atoms with Gasteiger partial charge in [-0.05, 0) is 36.7 Å². The van der Waals surface area contributed by atoms with Crippen molar-refractivity contribution in [1.82, 2.24) is 5.32 Å². The fourth-order valence-corrected chi connectivity index (χ4v) is 7.24. The van der Waals surface area contributed by atoms with Gasteiger partial charge < -0.3 is 25.4 Å². The van der Waals surface area contributed by atoms with Gasteiger partial charge in [-0.1, -0.05) is 27.7 Å². The van der Waals surface area contributed by atoms with Crippen LogP contribution in [0.5, 0.6) is 5.75 Å². The van der Waals surface area contributed by atoms with Crippen LogP contribution >= 0.6 is 0 Å². The molecule has 0 bridgehead atoms. The number of carbonyl (C=O) groups excluding carboxylic acids is 1. The van der Waals surface area contributed by atoms with Crippen LogP contribution in [0.3, 0.4) is 0 Å². The minimum atomic E-state index is -1.07. The summed E-state index contributed by atoms with van der Waals surface area (Å²) in [5, 5.41) is 34.5. The minimum absolute atomic E-state index is 0.0121. The van der Waals surface area contributed by atoms with Crippen LogP contribution in [0.1, 0.15) is 78.8 Å². The van der Waals surface area contributed by atoms with Gasteiger partial charge in [0.25, 0.3) is 5.91 Å². The van der Waals surface area contributed by atoms with Crippen LogP contribution in [0.25, 0.3) is 0 Å². The summed E-state index contributed by atoms with van der Waals surface area (Å²) in [6.07, 6.45) is 0.804. The van der Waals surface area contributed by atoms with Crippen molar-refractivity contribution in [3.8, 4) is 5.75 Å². The summed E-state index contributed by atoms with van der Waals surface area (Å²) < 4.78 is 6.91. The molecule has 168 valence electrons. The highest BCUT2D eigenvalue weighted by Crippen LogP contribution is 2.66. The summed E-state index contributed by atoms with van der Waals surface area (Å²) in [7, 11) is 0. The van der Waals surface area contributed by atoms with Gasteiger partial charge in [0.15, 0.2) is 0 Å². The number of hydrogen-bond acceptors (Lipinski definition) is 5. The summed E-state index contributed by atoms with van der Waals surface area (Å²) in [5.74, 6) is -0.639. The van der Waals surface area contributed by atoms with Gasteiger partial charge in [-0.15, -0.1) is 0 Å². The van der Waals surface area contributed by atoms with E-state index in [0.29, 0.717) is 35.4 Å². The van der Waals surface area contributed by atoms with Crippen LogP contribution in [0.2, 0.25) is 0 Å². The van der Waals surface area contributed by atoms with Gasteiger partial charge >= 0.3 is 5.97 Å². The summed E-state index contributed by atoms with van der Waals surface area (Å²) in [6, 6.07) is 1.48. The second kappa shape index (κ2) is 6.23. The van der Waals surface area contributed by atoms with E-state index in [0.717, 1.165) is 12.8 Å². The second-order valence-electron chi connectivity index (χ2n) is 10.9. The molecule has 1 aromatic rings. The molecule has 7 heteroatoms. The maximum absolute atomic E-state index is 12.4. The number of ether oxygens (including phenoxy) is 1. The Morgan fingerprint density at radius 3 is 2.58 bits per heavy atom. The van der Waals surface area contributed by atoms with Gasteiger partial charge in [0, 0.05) is 41.0 Å². The zero-order valence-corrected chi connectivity index (χ0v) is 18.5. The molecule has 6 atom stereocenters. The molecule has 0 radical (unpaired) electrons. The molecule has 31 heavy (non-hydrogen) atoms. The third-order valence-electron chi connectivity index (χ3n) is 9.26. The van der Waals surface area contributed by atoms with Gasteiger partial charge in [-0.25, -0.2) is 4.79 Å². The van der Waals surface area contributed by atoms with Crippen LogP contribution in [0, 0.1) is 22.7 Å². The summed E-state index contributed by atoms with van der Waals surface area (Å²) >= 11 is 0. The van der Waals surface area contributed by atoms with Crippen molar-refractivity contribution < 1.29 is 29.6 Å². The van der Waals surface area contributed by atoms with E-state index in [1.165, 1.54) is 6.07 Å². The molecular formula is C24H31NO6. The summed E-state index contributed by atoms with van der Waals surface area (Å²) in [5.41, 5.74) is 0.0716. The molecule has 2 aliphatic carbocycles. The highest BCUT2D eigenvalue weighted by atomic mass is 16.5. The first-order valence-electron chi connectivity index (χ1n) is 11.2. The number of amides is 1. The lowest BCUT2D eigenvalue weighted by Gasteiger charge is -2.67. The van der Waals surface area contributed by atoms with Crippen molar-refractivity contribution in [2.45, 2.75) is 77.7 Å². The van der Waals surface area contributed by atoms with Gasteiger partial charge in [0.1, 0.15) is 11.4 Å². The lowest BCUT2D eigenvalue weighted by molar-refractivity contribution is -0.260. The molecule has 2 fully saturated rings. The highest BCUT2D eigenvalue weighted by molar-refractivity contribution is 6.03. The average Bonchev–Trinajstić information content (AvgIpc) is 3.06. The molecule has 2 saturated carbocycles. The molecule has 1 spiro atoms. The molecule has 0 aromatic heterocycles. The third-order valence-corrected chi connectivity index (χ3v) is 9.26. The summed E-state index contributed by atoms with van der Waals surface area (Å²) in [6.45, 7) is 8.61. The Kier molecular flexibility index (Phi) is 4.17. The monoisotopic (exact) mass is 429 g/mol. The number of benzene rings is 1. The molecule has 2 heterocycles. The van der Waals surface area contributed by atoms with Crippen molar-refractivity contribution >= 4 is 11.9 Å². The lowest BCUT2D eigenvalue weighted by Crippen LogP contribution is -2.73. The van der Waals surface area contributed by atoms with Crippen LogP contribution in [0.15, 0.2) is 6.07 Å². The number of aromatic carboxylic acids is 1. The van der Waals surface area contributed by atoms with Crippen LogP contribution in [0.4, 0.5) is 0 Å². The van der Waals surface area contributed by atoms with Gasteiger partial charge in [-0.2, -0.15) is 0 Å². The van der Waals surface area contributed by atoms with E-state index in [1.807, 2.05) is 13.8 Å².